The summed E-state index contributed by atoms with van der Waals surface area (Å²) < 4.78 is 0. The number of hydrogen-bond donors (Lipinski definition) is 1. The third-order valence-electron chi connectivity index (χ3n) is 5.64. The van der Waals surface area contributed by atoms with Gasteiger partial charge in [0.1, 0.15) is 0 Å². The summed E-state index contributed by atoms with van der Waals surface area (Å²) in [5.41, 5.74) is 2.25. The fraction of sp³-hybridized carbons (Fsp3) is 0.688. The Morgan fingerprint density at radius 2 is 1.70 bits per heavy atom. The lowest BCUT2D eigenvalue weighted by Gasteiger charge is -2.35. The lowest BCUT2D eigenvalue weighted by molar-refractivity contribution is -0.126. The molecule has 7 heteroatoms. The average Bonchev–Trinajstić information content (AvgIpc) is 3.03. The molecule has 4 rings (SSSR count). The van der Waals surface area contributed by atoms with E-state index in [-0.39, 0.29) is 11.9 Å². The molecule has 0 bridgehead atoms. The van der Waals surface area contributed by atoms with Gasteiger partial charge in [-0.05, 0) is 26.7 Å². The van der Waals surface area contributed by atoms with Crippen LogP contribution in [0.2, 0.25) is 0 Å². The highest BCUT2D eigenvalue weighted by Crippen LogP contribution is 2.39. The number of allylic oxidation sites excluding steroid dienone is 2. The fourth-order valence-electron chi connectivity index (χ4n) is 4.26. The summed E-state index contributed by atoms with van der Waals surface area (Å²) in [7, 11) is 1.70. The largest absolute Gasteiger partial charge is 0.325 e. The molecule has 3 aliphatic heterocycles. The number of hydrogen-bond acceptors (Lipinski definition) is 5. The van der Waals surface area contributed by atoms with Gasteiger partial charge in [-0.3, -0.25) is 15.0 Å². The molecule has 7 nitrogen and oxygen atoms in total. The second-order valence-corrected chi connectivity index (χ2v) is 6.90. The minimum Gasteiger partial charge on any atom is -0.311 e. The summed E-state index contributed by atoms with van der Waals surface area (Å²) in [6, 6.07) is -0.368. The van der Waals surface area contributed by atoms with Crippen LogP contribution in [0.25, 0.3) is 0 Å². The Hall–Kier alpha value is -2.05. The van der Waals surface area contributed by atoms with E-state index in [1.54, 1.807) is 7.05 Å². The van der Waals surface area contributed by atoms with Crippen LogP contribution in [-0.4, -0.2) is 57.9 Å². The zero-order valence-electron chi connectivity index (χ0n) is 13.9. The van der Waals surface area contributed by atoms with E-state index in [4.69, 9.17) is 4.99 Å². The molecule has 0 aromatic heterocycles. The number of fused-ring (bicyclic) bond motifs is 3. The molecule has 124 valence electrons. The summed E-state index contributed by atoms with van der Waals surface area (Å²) >= 11 is 0. The normalized spacial score (nSPS) is 31.4. The Morgan fingerprint density at radius 3 is 2.39 bits per heavy atom. The van der Waals surface area contributed by atoms with Crippen molar-refractivity contribution in [3.05, 3.63) is 11.4 Å². The molecule has 4 aliphatic rings. The first-order valence-corrected chi connectivity index (χ1v) is 8.42. The van der Waals surface area contributed by atoms with Crippen LogP contribution in [0, 0.1) is 0 Å². The number of amides is 3. The zero-order chi connectivity index (χ0) is 16.3. The smallest absolute Gasteiger partial charge is 0.311 e. The summed E-state index contributed by atoms with van der Waals surface area (Å²) in [6.07, 6.45) is 5.67. The van der Waals surface area contributed by atoms with E-state index in [2.05, 4.69) is 17.1 Å². The summed E-state index contributed by atoms with van der Waals surface area (Å²) in [6.45, 7) is 4.15. The molecule has 2 atom stereocenters. The minimum atomic E-state index is -0.448. The molecule has 1 saturated heterocycles. The fourth-order valence-corrected chi connectivity index (χ4v) is 4.26. The van der Waals surface area contributed by atoms with Crippen LogP contribution < -0.4 is 5.32 Å². The first-order valence-electron chi connectivity index (χ1n) is 8.42. The molecule has 3 amide bonds. The number of aliphatic imine (C=N–C) groups is 1. The molecular formula is C16H23N5O2. The summed E-state index contributed by atoms with van der Waals surface area (Å²) in [5.74, 6) is 0.591. The predicted molar refractivity (Wildman–Crippen MR) is 85.2 cm³/mol. The molecule has 0 radical (unpaired) electrons. The quantitative estimate of drug-likeness (QED) is 0.794. The van der Waals surface area contributed by atoms with E-state index in [0.29, 0.717) is 6.04 Å². The van der Waals surface area contributed by atoms with E-state index in [0.717, 1.165) is 24.5 Å². The van der Waals surface area contributed by atoms with Crippen molar-refractivity contribution in [2.24, 2.45) is 4.99 Å². The van der Waals surface area contributed by atoms with Crippen LogP contribution in [0.3, 0.4) is 0 Å². The van der Waals surface area contributed by atoms with Crippen LogP contribution in [-0.2, 0) is 4.79 Å². The van der Waals surface area contributed by atoms with Crippen molar-refractivity contribution in [3.8, 4) is 0 Å². The number of urea groups is 1. The van der Waals surface area contributed by atoms with Crippen LogP contribution in [0.4, 0.5) is 4.79 Å². The van der Waals surface area contributed by atoms with Gasteiger partial charge in [-0.2, -0.15) is 0 Å². The predicted octanol–water partition coefficient (Wildman–Crippen LogP) is 1.43. The van der Waals surface area contributed by atoms with Crippen LogP contribution in [0.5, 0.6) is 0 Å². The maximum atomic E-state index is 12.4. The van der Waals surface area contributed by atoms with E-state index in [1.807, 2.05) is 11.8 Å². The molecule has 1 saturated carbocycles. The Labute approximate surface area is 136 Å². The van der Waals surface area contributed by atoms with E-state index >= 15 is 0 Å². The van der Waals surface area contributed by atoms with Crippen molar-refractivity contribution < 1.29 is 9.59 Å². The molecule has 0 aromatic carbocycles. The molecule has 0 spiro atoms. The molecule has 1 aliphatic carbocycles. The minimum absolute atomic E-state index is 0.255. The Kier molecular flexibility index (Phi) is 3.14. The molecule has 0 aromatic rings. The third kappa shape index (κ3) is 1.91. The SMILES string of the molecule is CC1=C(C)N2C(=NC3C2C(=O)NC(=O)N3C)N1C1CCCCC1. The highest BCUT2D eigenvalue weighted by atomic mass is 16.2. The number of carbonyl (C=O) groups is 2. The molecule has 2 fully saturated rings. The number of rotatable bonds is 1. The lowest BCUT2D eigenvalue weighted by Crippen LogP contribution is -2.63. The number of nitrogens with one attached hydrogen (secondary N) is 1. The van der Waals surface area contributed by atoms with Crippen LogP contribution in [0.1, 0.15) is 46.0 Å². The molecule has 1 N–H and O–H groups in total. The van der Waals surface area contributed by atoms with Crippen molar-refractivity contribution in [1.29, 1.82) is 0 Å². The van der Waals surface area contributed by atoms with Gasteiger partial charge in [0.15, 0.2) is 12.2 Å². The standard InChI is InChI=1S/C16H23N5O2/c1-9-10(2)21-12-13(19(3)16(23)18-14(12)22)17-15(21)20(9)11-7-5-4-6-8-11/h11-13H,4-8H2,1-3H3,(H,18,22,23). The van der Waals surface area contributed by atoms with Gasteiger partial charge in [0, 0.05) is 24.5 Å². The number of carbonyl (C=O) groups excluding carboxylic acids is 2. The van der Waals surface area contributed by atoms with Gasteiger partial charge in [-0.25, -0.2) is 9.79 Å². The van der Waals surface area contributed by atoms with Gasteiger partial charge in [0.2, 0.25) is 5.96 Å². The third-order valence-corrected chi connectivity index (χ3v) is 5.64. The molecule has 2 unspecified atom stereocenters. The topological polar surface area (TPSA) is 68.2 Å². The zero-order valence-corrected chi connectivity index (χ0v) is 13.9. The monoisotopic (exact) mass is 317 g/mol. The maximum absolute atomic E-state index is 12.4. The molecule has 3 heterocycles. The second kappa shape index (κ2) is 4.97. The van der Waals surface area contributed by atoms with Gasteiger partial charge >= 0.3 is 6.03 Å². The highest BCUT2D eigenvalue weighted by Gasteiger charge is 2.53. The van der Waals surface area contributed by atoms with Gasteiger partial charge < -0.3 is 9.80 Å². The van der Waals surface area contributed by atoms with Crippen molar-refractivity contribution in [1.82, 2.24) is 20.0 Å². The number of nitrogens with zero attached hydrogens (tertiary/aromatic N) is 4. The van der Waals surface area contributed by atoms with E-state index < -0.39 is 12.2 Å². The van der Waals surface area contributed by atoms with Crippen molar-refractivity contribution in [2.45, 2.75) is 64.2 Å². The van der Waals surface area contributed by atoms with Crippen molar-refractivity contribution in [2.75, 3.05) is 7.05 Å². The number of guanidine groups is 1. The van der Waals surface area contributed by atoms with Crippen molar-refractivity contribution in [3.63, 3.8) is 0 Å². The van der Waals surface area contributed by atoms with E-state index in [1.165, 1.54) is 29.9 Å². The van der Waals surface area contributed by atoms with E-state index in [9.17, 15) is 9.59 Å². The van der Waals surface area contributed by atoms with Gasteiger partial charge in [0.25, 0.3) is 5.91 Å². The van der Waals surface area contributed by atoms with Gasteiger partial charge in [-0.1, -0.05) is 19.3 Å². The molecular weight excluding hydrogens is 294 g/mol. The average molecular weight is 317 g/mol. The summed E-state index contributed by atoms with van der Waals surface area (Å²) in [5, 5.41) is 2.43. The Morgan fingerprint density at radius 1 is 1.04 bits per heavy atom. The highest BCUT2D eigenvalue weighted by molar-refractivity contribution is 6.05. The Balaban J connectivity index is 1.72. The van der Waals surface area contributed by atoms with Gasteiger partial charge in [-0.15, -0.1) is 0 Å². The second-order valence-electron chi connectivity index (χ2n) is 6.90. The first kappa shape index (κ1) is 14.5. The number of imide groups is 1. The maximum Gasteiger partial charge on any atom is 0.325 e. The Bertz CT molecular complexity index is 634. The summed E-state index contributed by atoms with van der Waals surface area (Å²) in [4.78, 5) is 34.9. The molecule has 23 heavy (non-hydrogen) atoms. The van der Waals surface area contributed by atoms with Crippen molar-refractivity contribution >= 4 is 17.9 Å². The van der Waals surface area contributed by atoms with Crippen LogP contribution >= 0.6 is 0 Å². The lowest BCUT2D eigenvalue weighted by atomic mass is 9.94. The van der Waals surface area contributed by atoms with Crippen LogP contribution in [0.15, 0.2) is 16.4 Å². The van der Waals surface area contributed by atoms with Gasteiger partial charge in [0.05, 0.1) is 0 Å². The first-order chi connectivity index (χ1) is 11.0. The number of likely N-dealkylation sites (N-methyl/N-ethyl adjacent to an activating group) is 1.